The first-order chi connectivity index (χ1) is 27.1. The molecule has 2 aliphatic rings. The molecule has 12 heteroatoms. The van der Waals surface area contributed by atoms with E-state index >= 15 is 0 Å². The fourth-order valence-corrected chi connectivity index (χ4v) is 10.9. The highest BCUT2D eigenvalue weighted by Gasteiger charge is 2.52. The third-order valence-corrected chi connectivity index (χ3v) is 14.1. The summed E-state index contributed by atoms with van der Waals surface area (Å²) in [6.07, 6.45) is 5.56. The first kappa shape index (κ1) is 45.6. The molecule has 0 radical (unpaired) electrons. The minimum atomic E-state index is -3.93. The zero-order valence-electron chi connectivity index (χ0n) is 36.6. The number of sulfonamides is 1. The number of esters is 1. The maximum absolute atomic E-state index is 14.2. The van der Waals surface area contributed by atoms with Crippen molar-refractivity contribution in [3.63, 3.8) is 0 Å². The van der Waals surface area contributed by atoms with E-state index in [-0.39, 0.29) is 35.3 Å². The van der Waals surface area contributed by atoms with Crippen molar-refractivity contribution in [1.29, 1.82) is 0 Å². The summed E-state index contributed by atoms with van der Waals surface area (Å²) in [5.41, 5.74) is 2.42. The van der Waals surface area contributed by atoms with Gasteiger partial charge in [-0.15, -0.1) is 11.3 Å². The number of thiophene rings is 1. The molecule has 1 aliphatic carbocycles. The Morgan fingerprint density at radius 2 is 1.66 bits per heavy atom. The molecule has 0 unspecified atom stereocenters. The van der Waals surface area contributed by atoms with E-state index in [0.717, 1.165) is 66.5 Å². The summed E-state index contributed by atoms with van der Waals surface area (Å²) in [7, 11) is -2.39. The number of ether oxygens (including phenoxy) is 4. The lowest BCUT2D eigenvalue weighted by Gasteiger charge is -2.35. The van der Waals surface area contributed by atoms with Crippen LogP contribution in [0.4, 0.5) is 4.79 Å². The van der Waals surface area contributed by atoms with Crippen LogP contribution in [-0.2, 0) is 56.3 Å². The third-order valence-electron chi connectivity index (χ3n) is 10.9. The van der Waals surface area contributed by atoms with Gasteiger partial charge in [0.25, 0.3) is 0 Å². The lowest BCUT2D eigenvalue weighted by molar-refractivity contribution is -0.0807. The number of carbonyl (C=O) groups excluding carboxylic acids is 2. The normalized spacial score (nSPS) is 19.0. The van der Waals surface area contributed by atoms with Gasteiger partial charge < -0.3 is 18.9 Å². The van der Waals surface area contributed by atoms with E-state index in [9.17, 15) is 18.0 Å². The maximum Gasteiger partial charge on any atom is 0.412 e. The first-order valence-corrected chi connectivity index (χ1v) is 23.1. The van der Waals surface area contributed by atoms with Gasteiger partial charge in [-0.25, -0.2) is 18.0 Å². The highest BCUT2D eigenvalue weighted by molar-refractivity contribution is 7.89. The van der Waals surface area contributed by atoms with E-state index in [1.807, 2.05) is 48.5 Å². The smallest absolute Gasteiger partial charge is 0.412 e. The molecule has 0 saturated carbocycles. The van der Waals surface area contributed by atoms with E-state index < -0.39 is 39.6 Å². The molecule has 2 aromatic carbocycles. The minimum Gasteiger partial charge on any atom is -0.497 e. The van der Waals surface area contributed by atoms with Gasteiger partial charge in [-0.05, 0) is 132 Å². The third kappa shape index (κ3) is 11.2. The zero-order chi connectivity index (χ0) is 42.6. The standard InChI is InChI=1S/C46H66N2O8S2/c1-12-13-26-54-42(49)41-36-28-45(7,8)25-24-39(36)57-40(41)23-18-32-14-16-33(17-15-32)27-37-38(55-46(9,10)48(37)43(50)56-44(4,5)6)30-47(29-31(2)3)58(51,52)35-21-19-34(53-11)20-22-35/h14-17,19-22,31,37-38H,12-13,18,23-30H2,1-11H3/t37-,38+/m0/s1. The molecular formula is C46H66N2O8S2. The van der Waals surface area contributed by atoms with Gasteiger partial charge in [-0.3, -0.25) is 4.90 Å². The Morgan fingerprint density at radius 1 is 1.00 bits per heavy atom. The summed E-state index contributed by atoms with van der Waals surface area (Å²) in [4.78, 5) is 31.7. The van der Waals surface area contributed by atoms with Crippen LogP contribution < -0.4 is 4.74 Å². The number of aryl methyl sites for hydroxylation is 3. The van der Waals surface area contributed by atoms with Gasteiger partial charge in [-0.1, -0.05) is 65.3 Å². The summed E-state index contributed by atoms with van der Waals surface area (Å²) in [5, 5.41) is 0. The number of fused-ring (bicyclic) bond motifs is 1. The Balaban J connectivity index is 1.40. The lowest BCUT2D eigenvalue weighted by Crippen LogP contribution is -2.52. The van der Waals surface area contributed by atoms with Crippen LogP contribution in [0, 0.1) is 11.3 Å². The van der Waals surface area contributed by atoms with Gasteiger partial charge in [0.2, 0.25) is 10.0 Å². The highest BCUT2D eigenvalue weighted by Crippen LogP contribution is 2.42. The van der Waals surface area contributed by atoms with Crippen LogP contribution in [0.15, 0.2) is 53.4 Å². The average Bonchev–Trinajstić information content (AvgIpc) is 3.61. The van der Waals surface area contributed by atoms with Gasteiger partial charge in [0.1, 0.15) is 17.1 Å². The fraction of sp³-hybridized carbons (Fsp3) is 0.609. The molecule has 58 heavy (non-hydrogen) atoms. The molecule has 0 N–H and O–H groups in total. The van der Waals surface area contributed by atoms with E-state index in [2.05, 4.69) is 45.0 Å². The number of methoxy groups -OCH3 is 1. The second kappa shape index (κ2) is 18.4. The molecule has 2 atom stereocenters. The number of rotatable bonds is 16. The molecule has 1 aromatic heterocycles. The van der Waals surface area contributed by atoms with E-state index in [0.29, 0.717) is 18.8 Å². The molecule has 320 valence electrons. The summed E-state index contributed by atoms with van der Waals surface area (Å²) in [5.74, 6) is 0.407. The van der Waals surface area contributed by atoms with Gasteiger partial charge in [-0.2, -0.15) is 4.31 Å². The van der Waals surface area contributed by atoms with Gasteiger partial charge in [0, 0.05) is 22.8 Å². The van der Waals surface area contributed by atoms with E-state index in [4.69, 9.17) is 18.9 Å². The van der Waals surface area contributed by atoms with Crippen molar-refractivity contribution in [2.45, 2.75) is 149 Å². The molecular weight excluding hydrogens is 773 g/mol. The Morgan fingerprint density at radius 3 is 2.26 bits per heavy atom. The number of carbonyl (C=O) groups is 2. The second-order valence-electron chi connectivity index (χ2n) is 18.6. The molecule has 1 saturated heterocycles. The minimum absolute atomic E-state index is 0.0321. The molecule has 10 nitrogen and oxygen atoms in total. The van der Waals surface area contributed by atoms with Crippen molar-refractivity contribution >= 4 is 33.4 Å². The van der Waals surface area contributed by atoms with E-state index in [1.54, 1.807) is 47.6 Å². The Hall–Kier alpha value is -3.45. The molecule has 1 amide bonds. The van der Waals surface area contributed by atoms with Crippen molar-refractivity contribution in [3.05, 3.63) is 80.5 Å². The predicted octanol–water partition coefficient (Wildman–Crippen LogP) is 9.64. The monoisotopic (exact) mass is 838 g/mol. The molecule has 2 heterocycles. The van der Waals surface area contributed by atoms with Crippen molar-refractivity contribution in [3.8, 4) is 5.75 Å². The van der Waals surface area contributed by atoms with Crippen LogP contribution in [0.3, 0.4) is 0 Å². The highest BCUT2D eigenvalue weighted by atomic mass is 32.2. The predicted molar refractivity (Wildman–Crippen MR) is 230 cm³/mol. The van der Waals surface area contributed by atoms with Crippen molar-refractivity contribution < 1.29 is 37.0 Å². The summed E-state index contributed by atoms with van der Waals surface area (Å²) < 4.78 is 53.5. The maximum atomic E-state index is 14.2. The molecule has 0 bridgehead atoms. The first-order valence-electron chi connectivity index (χ1n) is 20.9. The quantitative estimate of drug-likeness (QED) is 0.104. The molecule has 3 aromatic rings. The van der Waals surface area contributed by atoms with Crippen LogP contribution in [0.25, 0.3) is 0 Å². The molecule has 1 fully saturated rings. The van der Waals surface area contributed by atoms with Crippen molar-refractivity contribution in [2.24, 2.45) is 11.3 Å². The molecule has 0 spiro atoms. The van der Waals surface area contributed by atoms with Gasteiger partial charge >= 0.3 is 12.1 Å². The number of hydrogen-bond acceptors (Lipinski definition) is 9. The fourth-order valence-electron chi connectivity index (χ4n) is 8.01. The molecule has 1 aliphatic heterocycles. The number of unbranched alkanes of at least 4 members (excludes halogenated alkanes) is 1. The number of amides is 1. The number of nitrogens with zero attached hydrogens (tertiary/aromatic N) is 2. The van der Waals surface area contributed by atoms with Crippen LogP contribution in [0.1, 0.15) is 125 Å². The second-order valence-corrected chi connectivity index (χ2v) is 21.7. The van der Waals surface area contributed by atoms with Crippen LogP contribution in [0.2, 0.25) is 0 Å². The summed E-state index contributed by atoms with van der Waals surface area (Å²) in [6.45, 7) is 20.5. The lowest BCUT2D eigenvalue weighted by atomic mass is 9.76. The average molecular weight is 839 g/mol. The van der Waals surface area contributed by atoms with E-state index in [1.165, 1.54) is 14.7 Å². The number of benzene rings is 2. The Kier molecular flexibility index (Phi) is 14.5. The summed E-state index contributed by atoms with van der Waals surface area (Å²) >= 11 is 1.77. The largest absolute Gasteiger partial charge is 0.497 e. The van der Waals surface area contributed by atoms with Gasteiger partial charge in [0.05, 0.1) is 36.3 Å². The van der Waals surface area contributed by atoms with Crippen LogP contribution in [-0.4, -0.2) is 80.0 Å². The Labute approximate surface area is 351 Å². The van der Waals surface area contributed by atoms with Crippen molar-refractivity contribution in [2.75, 3.05) is 26.8 Å². The SMILES string of the molecule is CCCCOC(=O)c1c(CCc2ccc(C[C@H]3[C@@H](CN(CC(C)C)S(=O)(=O)c4ccc(OC)cc4)OC(C)(C)N3C(=O)OC(C)(C)C)cc2)sc2c1CC(C)(C)CC2. The summed E-state index contributed by atoms with van der Waals surface area (Å²) in [6, 6.07) is 14.2. The zero-order valence-corrected chi connectivity index (χ0v) is 38.2. The Bertz CT molecular complexity index is 1980. The molecule has 5 rings (SSSR count). The van der Waals surface area contributed by atoms with Gasteiger partial charge in [0.15, 0.2) is 0 Å². The topological polar surface area (TPSA) is 112 Å². The van der Waals surface area contributed by atoms with Crippen molar-refractivity contribution in [1.82, 2.24) is 9.21 Å². The van der Waals surface area contributed by atoms with Crippen LogP contribution in [0.5, 0.6) is 5.75 Å². The van der Waals surface area contributed by atoms with Crippen LogP contribution >= 0.6 is 11.3 Å². The number of hydrogen-bond donors (Lipinski definition) is 0.